The molecule has 3 heterocycles. The Hall–Kier alpha value is -1.99. The second kappa shape index (κ2) is 45.3. The van der Waals surface area contributed by atoms with Crippen molar-refractivity contribution in [2.75, 3.05) is 26.4 Å². The number of carbonyl (C=O) groups excluding carboxylic acids is 1. The molecule has 17 atom stereocenters. The Kier molecular flexibility index (Phi) is 41.0. The first-order valence-electron chi connectivity index (χ1n) is 31.7. The molecule has 0 aromatic carbocycles. The van der Waals surface area contributed by atoms with Gasteiger partial charge in [-0.05, 0) is 44.9 Å². The number of nitrogens with one attached hydrogen (secondary N) is 1. The maximum Gasteiger partial charge on any atom is 0.220 e. The fourth-order valence-electron chi connectivity index (χ4n) is 10.7. The van der Waals surface area contributed by atoms with E-state index in [1.54, 1.807) is 6.08 Å². The Morgan fingerprint density at radius 1 is 0.432 bits per heavy atom. The van der Waals surface area contributed by atoms with Crippen LogP contribution < -0.4 is 5.32 Å². The van der Waals surface area contributed by atoms with Crippen molar-refractivity contribution in [3.05, 3.63) is 36.5 Å². The standard InChI is InChI=1S/C62H113NO18/c1-3-5-7-9-11-13-15-17-19-21-22-24-26-28-30-32-34-36-38-40-50(68)63-45(46(67)39-37-35-33-31-29-27-25-23-20-18-16-14-12-10-8-6-4-2)44-76-60-56(74)53(71)58(48(42-65)78-60)81-62-57(75)54(72)59(49(43-66)79-62)80-61-55(73)52(70)51(69)47(41-64)77-61/h20,23,29,31,37,39,45-49,51-62,64-67,69-75H,3-19,21-22,24-28,30,32-36,38,40-44H2,1-2H3,(H,63,68)/b23-20+,31-29+,39-37+. The van der Waals surface area contributed by atoms with Gasteiger partial charge in [-0.25, -0.2) is 0 Å². The molecule has 17 unspecified atom stereocenters. The van der Waals surface area contributed by atoms with Crippen LogP contribution in [0.15, 0.2) is 36.5 Å². The molecular formula is C62H113NO18. The number of aliphatic hydroxyl groups is 11. The molecule has 12 N–H and O–H groups in total. The van der Waals surface area contributed by atoms with Crippen molar-refractivity contribution in [1.82, 2.24) is 5.32 Å². The van der Waals surface area contributed by atoms with Crippen LogP contribution in [0.5, 0.6) is 0 Å². The monoisotopic (exact) mass is 1160 g/mol. The summed E-state index contributed by atoms with van der Waals surface area (Å²) < 4.78 is 34.2. The highest BCUT2D eigenvalue weighted by Gasteiger charge is 2.53. The second-order valence-electron chi connectivity index (χ2n) is 22.9. The average molecular weight is 1160 g/mol. The minimum Gasteiger partial charge on any atom is -0.394 e. The summed E-state index contributed by atoms with van der Waals surface area (Å²) in [5, 5.41) is 120. The van der Waals surface area contributed by atoms with Crippen LogP contribution in [0.25, 0.3) is 0 Å². The number of aliphatic hydroxyl groups excluding tert-OH is 11. The van der Waals surface area contributed by atoms with Gasteiger partial charge in [-0.1, -0.05) is 204 Å². The molecule has 0 saturated carbocycles. The number of ether oxygens (including phenoxy) is 6. The molecular weight excluding hydrogens is 1050 g/mol. The summed E-state index contributed by atoms with van der Waals surface area (Å²) in [6.07, 6.45) is 22.6. The number of unbranched alkanes of at least 4 members (excludes halogenated alkanes) is 27. The first-order chi connectivity index (χ1) is 39.3. The third kappa shape index (κ3) is 28.8. The molecule has 19 heteroatoms. The van der Waals surface area contributed by atoms with Crippen molar-refractivity contribution in [3.8, 4) is 0 Å². The summed E-state index contributed by atoms with van der Waals surface area (Å²) >= 11 is 0. The van der Waals surface area contributed by atoms with E-state index in [1.807, 2.05) is 6.08 Å². The van der Waals surface area contributed by atoms with Crippen LogP contribution in [0.1, 0.15) is 219 Å². The molecule has 3 saturated heterocycles. The third-order valence-electron chi connectivity index (χ3n) is 15.9. The smallest absolute Gasteiger partial charge is 0.220 e. The highest BCUT2D eigenvalue weighted by molar-refractivity contribution is 5.76. The molecule has 1 amide bonds. The predicted octanol–water partition coefficient (Wildman–Crippen LogP) is 6.49. The summed E-state index contributed by atoms with van der Waals surface area (Å²) in [7, 11) is 0. The summed E-state index contributed by atoms with van der Waals surface area (Å²) in [4.78, 5) is 13.3. The molecule has 0 spiro atoms. The molecule has 0 aliphatic carbocycles. The van der Waals surface area contributed by atoms with E-state index in [0.29, 0.717) is 12.8 Å². The van der Waals surface area contributed by atoms with Crippen LogP contribution in [0.2, 0.25) is 0 Å². The van der Waals surface area contributed by atoms with E-state index >= 15 is 0 Å². The van der Waals surface area contributed by atoms with Crippen molar-refractivity contribution in [3.63, 3.8) is 0 Å². The van der Waals surface area contributed by atoms with E-state index in [2.05, 4.69) is 43.5 Å². The van der Waals surface area contributed by atoms with Crippen molar-refractivity contribution in [2.24, 2.45) is 0 Å². The van der Waals surface area contributed by atoms with Gasteiger partial charge in [0.05, 0.1) is 38.6 Å². The lowest BCUT2D eigenvalue weighted by Crippen LogP contribution is -2.66. The van der Waals surface area contributed by atoms with E-state index in [4.69, 9.17) is 28.4 Å². The lowest BCUT2D eigenvalue weighted by Gasteiger charge is -2.48. The Morgan fingerprint density at radius 3 is 1.23 bits per heavy atom. The van der Waals surface area contributed by atoms with Gasteiger partial charge in [0.1, 0.15) is 73.2 Å². The SMILES string of the molecule is CCCCCCCCC/C=C/CC/C=C/CC/C=C/C(O)C(COC1OC(CO)C(OC2OC(CO)C(OC3OC(CO)C(O)C(O)C3O)C(O)C2O)C(O)C1O)NC(=O)CCCCCCCCCCCCCCCCCCCCC. The number of rotatable bonds is 47. The Morgan fingerprint density at radius 2 is 0.790 bits per heavy atom. The van der Waals surface area contributed by atoms with Crippen LogP contribution >= 0.6 is 0 Å². The first-order valence-corrected chi connectivity index (χ1v) is 31.7. The number of amides is 1. The maximum atomic E-state index is 13.3. The van der Waals surface area contributed by atoms with Gasteiger partial charge in [-0.2, -0.15) is 0 Å². The van der Waals surface area contributed by atoms with E-state index in [0.717, 1.165) is 44.9 Å². The fourth-order valence-corrected chi connectivity index (χ4v) is 10.7. The van der Waals surface area contributed by atoms with Gasteiger partial charge in [0.2, 0.25) is 5.91 Å². The van der Waals surface area contributed by atoms with Crippen LogP contribution in [0.3, 0.4) is 0 Å². The van der Waals surface area contributed by atoms with Gasteiger partial charge in [-0.15, -0.1) is 0 Å². The molecule has 0 aromatic rings. The lowest BCUT2D eigenvalue weighted by molar-refractivity contribution is -0.379. The Bertz CT molecular complexity index is 1620. The van der Waals surface area contributed by atoms with Gasteiger partial charge in [0.15, 0.2) is 18.9 Å². The molecule has 0 radical (unpaired) electrons. The minimum atomic E-state index is -1.98. The molecule has 3 aliphatic rings. The number of hydrogen-bond acceptors (Lipinski definition) is 18. The molecule has 3 rings (SSSR count). The molecule has 474 valence electrons. The fraction of sp³-hybridized carbons (Fsp3) is 0.887. The summed E-state index contributed by atoms with van der Waals surface area (Å²) in [5.41, 5.74) is 0. The summed E-state index contributed by atoms with van der Waals surface area (Å²) in [5.74, 6) is -0.288. The second-order valence-corrected chi connectivity index (χ2v) is 22.9. The number of carbonyl (C=O) groups is 1. The molecule has 3 fully saturated rings. The third-order valence-corrected chi connectivity index (χ3v) is 15.9. The van der Waals surface area contributed by atoms with Crippen LogP contribution in [-0.2, 0) is 33.2 Å². The van der Waals surface area contributed by atoms with Crippen molar-refractivity contribution >= 4 is 5.91 Å². The summed E-state index contributed by atoms with van der Waals surface area (Å²) in [6, 6.07) is -0.993. The molecule has 0 aromatic heterocycles. The van der Waals surface area contributed by atoms with Gasteiger partial charge >= 0.3 is 0 Å². The van der Waals surface area contributed by atoms with Gasteiger partial charge in [0, 0.05) is 6.42 Å². The maximum absolute atomic E-state index is 13.3. The molecule has 19 nitrogen and oxygen atoms in total. The van der Waals surface area contributed by atoms with Crippen molar-refractivity contribution < 1.29 is 89.4 Å². The molecule has 81 heavy (non-hydrogen) atoms. The molecule has 3 aliphatic heterocycles. The van der Waals surface area contributed by atoms with Crippen molar-refractivity contribution in [1.29, 1.82) is 0 Å². The highest BCUT2D eigenvalue weighted by atomic mass is 16.8. The van der Waals surface area contributed by atoms with Gasteiger partial charge in [0.25, 0.3) is 0 Å². The molecule has 0 bridgehead atoms. The zero-order chi connectivity index (χ0) is 59.0. The van der Waals surface area contributed by atoms with E-state index in [-0.39, 0.29) is 18.9 Å². The van der Waals surface area contributed by atoms with Crippen LogP contribution in [0, 0.1) is 0 Å². The minimum absolute atomic E-state index is 0.235. The van der Waals surface area contributed by atoms with Crippen LogP contribution in [-0.4, -0.2) is 193 Å². The normalized spacial score (nSPS) is 30.0. The van der Waals surface area contributed by atoms with E-state index in [9.17, 15) is 61.0 Å². The summed E-state index contributed by atoms with van der Waals surface area (Å²) in [6.45, 7) is 1.70. The quantitative estimate of drug-likeness (QED) is 0.0229. The Balaban J connectivity index is 1.50. The van der Waals surface area contributed by atoms with Gasteiger partial charge in [-0.3, -0.25) is 4.79 Å². The van der Waals surface area contributed by atoms with Crippen molar-refractivity contribution in [2.45, 2.75) is 324 Å². The number of hydrogen-bond donors (Lipinski definition) is 12. The van der Waals surface area contributed by atoms with Crippen LogP contribution in [0.4, 0.5) is 0 Å². The highest BCUT2D eigenvalue weighted by Crippen LogP contribution is 2.33. The lowest BCUT2D eigenvalue weighted by atomic mass is 9.96. The topological polar surface area (TPSA) is 307 Å². The number of allylic oxidation sites excluding steroid dienone is 5. The predicted molar refractivity (Wildman–Crippen MR) is 309 cm³/mol. The average Bonchev–Trinajstić information content (AvgIpc) is 3.48. The zero-order valence-corrected chi connectivity index (χ0v) is 49.5. The Labute approximate surface area is 485 Å². The largest absolute Gasteiger partial charge is 0.394 e. The van der Waals surface area contributed by atoms with E-state index in [1.165, 1.54) is 141 Å². The van der Waals surface area contributed by atoms with Gasteiger partial charge < -0.3 is 89.9 Å². The zero-order valence-electron chi connectivity index (χ0n) is 49.5. The first kappa shape index (κ1) is 73.3. The van der Waals surface area contributed by atoms with E-state index < -0.39 is 124 Å².